The maximum absolute atomic E-state index is 13.3. The fraction of sp³-hybridized carbons (Fsp3) is 0.391. The highest BCUT2D eigenvalue weighted by Crippen LogP contribution is 2.17. The first kappa shape index (κ1) is 20.8. The third-order valence-corrected chi connectivity index (χ3v) is 5.12. The van der Waals surface area contributed by atoms with Crippen molar-refractivity contribution in [3.05, 3.63) is 65.5 Å². The van der Waals surface area contributed by atoms with Crippen molar-refractivity contribution >= 4 is 11.8 Å². The summed E-state index contributed by atoms with van der Waals surface area (Å²) in [5.74, 6) is 0.281. The largest absolute Gasteiger partial charge is 0.493 e. The van der Waals surface area contributed by atoms with E-state index in [0.29, 0.717) is 50.9 Å². The molecule has 0 bridgehead atoms. The lowest BCUT2D eigenvalue weighted by molar-refractivity contribution is -0.122. The second-order valence-electron chi connectivity index (χ2n) is 7.36. The average Bonchev–Trinajstić information content (AvgIpc) is 2.72. The fourth-order valence-electron chi connectivity index (χ4n) is 3.46. The van der Waals surface area contributed by atoms with Crippen molar-refractivity contribution in [1.29, 1.82) is 0 Å². The Bertz CT molecular complexity index is 848. The number of hydrogen-bond acceptors (Lipinski definition) is 3. The smallest absolute Gasteiger partial charge is 0.253 e. The van der Waals surface area contributed by atoms with Crippen LogP contribution in [-0.4, -0.2) is 42.5 Å². The maximum Gasteiger partial charge on any atom is 0.253 e. The van der Waals surface area contributed by atoms with Crippen LogP contribution >= 0.6 is 0 Å². The van der Waals surface area contributed by atoms with Crippen LogP contribution < -0.4 is 10.1 Å². The molecule has 1 N–H and O–H groups in total. The van der Waals surface area contributed by atoms with E-state index in [1.54, 1.807) is 17.0 Å². The van der Waals surface area contributed by atoms with Crippen molar-refractivity contribution in [1.82, 2.24) is 10.2 Å². The zero-order valence-electron chi connectivity index (χ0n) is 16.7. The van der Waals surface area contributed by atoms with Crippen LogP contribution in [0.15, 0.2) is 48.5 Å². The minimum atomic E-state index is -0.413. The Hall–Kier alpha value is -2.89. The van der Waals surface area contributed by atoms with Gasteiger partial charge in [-0.05, 0) is 56.0 Å². The number of para-hydroxylation sites is 1. The zero-order valence-corrected chi connectivity index (χ0v) is 16.7. The van der Waals surface area contributed by atoms with Gasteiger partial charge in [-0.2, -0.15) is 0 Å². The number of benzene rings is 2. The SMILES string of the molecule is Cc1ccccc1OCCCC(=O)NC1CCN(C(=O)c2cccc(F)c2)CC1. The van der Waals surface area contributed by atoms with Crippen LogP contribution in [0.5, 0.6) is 5.75 Å². The first-order chi connectivity index (χ1) is 14.0. The van der Waals surface area contributed by atoms with E-state index < -0.39 is 5.82 Å². The van der Waals surface area contributed by atoms with Crippen LogP contribution in [0, 0.1) is 12.7 Å². The fourth-order valence-corrected chi connectivity index (χ4v) is 3.46. The number of piperidine rings is 1. The average molecular weight is 398 g/mol. The number of halogens is 1. The molecule has 1 aliphatic heterocycles. The van der Waals surface area contributed by atoms with Crippen LogP contribution in [0.4, 0.5) is 4.39 Å². The Morgan fingerprint density at radius 2 is 1.90 bits per heavy atom. The molecule has 0 saturated carbocycles. The van der Waals surface area contributed by atoms with Crippen LogP contribution in [0.2, 0.25) is 0 Å². The number of amides is 2. The number of carbonyl (C=O) groups is 2. The number of rotatable bonds is 7. The van der Waals surface area contributed by atoms with Gasteiger partial charge in [0.2, 0.25) is 5.91 Å². The van der Waals surface area contributed by atoms with E-state index in [-0.39, 0.29) is 17.9 Å². The molecule has 0 radical (unpaired) electrons. The van der Waals surface area contributed by atoms with E-state index in [2.05, 4.69) is 5.32 Å². The molecule has 1 heterocycles. The van der Waals surface area contributed by atoms with Crippen LogP contribution in [0.1, 0.15) is 41.6 Å². The van der Waals surface area contributed by atoms with Crippen molar-refractivity contribution in [2.45, 2.75) is 38.6 Å². The number of likely N-dealkylation sites (tertiary alicyclic amines) is 1. The van der Waals surface area contributed by atoms with E-state index in [1.165, 1.54) is 12.1 Å². The molecule has 5 nitrogen and oxygen atoms in total. The number of nitrogens with zero attached hydrogens (tertiary/aromatic N) is 1. The summed E-state index contributed by atoms with van der Waals surface area (Å²) in [6.07, 6.45) is 2.46. The maximum atomic E-state index is 13.3. The van der Waals surface area contributed by atoms with Gasteiger partial charge in [-0.3, -0.25) is 9.59 Å². The molecular formula is C23H27FN2O3. The second-order valence-corrected chi connectivity index (χ2v) is 7.36. The van der Waals surface area contributed by atoms with Crippen molar-refractivity contribution in [2.75, 3.05) is 19.7 Å². The highest BCUT2D eigenvalue weighted by Gasteiger charge is 2.24. The summed E-state index contributed by atoms with van der Waals surface area (Å²) < 4.78 is 19.0. The lowest BCUT2D eigenvalue weighted by atomic mass is 10.0. The van der Waals surface area contributed by atoms with E-state index in [0.717, 1.165) is 11.3 Å². The van der Waals surface area contributed by atoms with Crippen molar-refractivity contribution < 1.29 is 18.7 Å². The Morgan fingerprint density at radius 1 is 1.14 bits per heavy atom. The van der Waals surface area contributed by atoms with Crippen molar-refractivity contribution in [3.8, 4) is 5.75 Å². The van der Waals surface area contributed by atoms with Gasteiger partial charge in [0.25, 0.3) is 5.91 Å². The molecule has 1 saturated heterocycles. The normalized spacial score (nSPS) is 14.5. The molecule has 1 fully saturated rings. The molecule has 2 aromatic rings. The standard InChI is InChI=1S/C23H27FN2O3/c1-17-6-2-3-9-21(17)29-15-5-10-22(27)25-20-11-13-26(14-12-20)23(28)18-7-4-8-19(24)16-18/h2-4,6-9,16,20H,5,10-15H2,1H3,(H,25,27). The molecule has 6 heteroatoms. The van der Waals surface area contributed by atoms with Crippen LogP contribution in [0.3, 0.4) is 0 Å². The highest BCUT2D eigenvalue weighted by atomic mass is 19.1. The van der Waals surface area contributed by atoms with Gasteiger partial charge in [-0.1, -0.05) is 24.3 Å². The molecule has 154 valence electrons. The minimum absolute atomic E-state index is 0.00768. The molecule has 0 unspecified atom stereocenters. The summed E-state index contributed by atoms with van der Waals surface area (Å²) >= 11 is 0. The first-order valence-corrected chi connectivity index (χ1v) is 10.1. The predicted octanol–water partition coefficient (Wildman–Crippen LogP) is 3.71. The Labute approximate surface area is 170 Å². The van der Waals surface area contributed by atoms with Crippen LogP contribution in [0.25, 0.3) is 0 Å². The Balaban J connectivity index is 1.35. The molecule has 0 aromatic heterocycles. The molecular weight excluding hydrogens is 371 g/mol. The third kappa shape index (κ3) is 6.04. The lowest BCUT2D eigenvalue weighted by Crippen LogP contribution is -2.46. The van der Waals surface area contributed by atoms with Gasteiger partial charge in [0, 0.05) is 31.1 Å². The molecule has 2 aromatic carbocycles. The number of nitrogens with one attached hydrogen (secondary N) is 1. The molecule has 29 heavy (non-hydrogen) atoms. The van der Waals surface area contributed by atoms with Gasteiger partial charge >= 0.3 is 0 Å². The molecule has 3 rings (SSSR count). The number of hydrogen-bond donors (Lipinski definition) is 1. The Morgan fingerprint density at radius 3 is 2.62 bits per heavy atom. The van der Waals surface area contributed by atoms with Gasteiger partial charge in [0.05, 0.1) is 6.61 Å². The molecule has 0 aliphatic carbocycles. The van der Waals surface area contributed by atoms with Crippen molar-refractivity contribution in [3.63, 3.8) is 0 Å². The quantitative estimate of drug-likeness (QED) is 0.724. The van der Waals surface area contributed by atoms with E-state index >= 15 is 0 Å². The first-order valence-electron chi connectivity index (χ1n) is 10.1. The Kier molecular flexibility index (Phi) is 7.22. The van der Waals surface area contributed by atoms with E-state index in [1.807, 2.05) is 31.2 Å². The van der Waals surface area contributed by atoms with Crippen LogP contribution in [-0.2, 0) is 4.79 Å². The molecule has 0 spiro atoms. The summed E-state index contributed by atoms with van der Waals surface area (Å²) in [7, 11) is 0. The van der Waals surface area contributed by atoms with E-state index in [9.17, 15) is 14.0 Å². The lowest BCUT2D eigenvalue weighted by Gasteiger charge is -2.32. The van der Waals surface area contributed by atoms with Crippen molar-refractivity contribution in [2.24, 2.45) is 0 Å². The highest BCUT2D eigenvalue weighted by molar-refractivity contribution is 5.94. The summed E-state index contributed by atoms with van der Waals surface area (Å²) in [6, 6.07) is 13.6. The summed E-state index contributed by atoms with van der Waals surface area (Å²) in [4.78, 5) is 26.3. The number of carbonyl (C=O) groups excluding carboxylic acids is 2. The second kappa shape index (κ2) is 10.0. The molecule has 0 atom stereocenters. The third-order valence-electron chi connectivity index (χ3n) is 5.12. The van der Waals surface area contributed by atoms with Gasteiger partial charge in [-0.25, -0.2) is 4.39 Å². The van der Waals surface area contributed by atoms with Gasteiger partial charge in [0.1, 0.15) is 11.6 Å². The summed E-state index contributed by atoms with van der Waals surface area (Å²) in [5, 5.41) is 3.04. The van der Waals surface area contributed by atoms with Gasteiger partial charge < -0.3 is 15.0 Å². The van der Waals surface area contributed by atoms with Gasteiger partial charge in [-0.15, -0.1) is 0 Å². The number of aryl methyl sites for hydroxylation is 1. The summed E-state index contributed by atoms with van der Waals surface area (Å²) in [5.41, 5.74) is 1.44. The monoisotopic (exact) mass is 398 g/mol. The topological polar surface area (TPSA) is 58.6 Å². The van der Waals surface area contributed by atoms with Gasteiger partial charge in [0.15, 0.2) is 0 Å². The molecule has 1 aliphatic rings. The van der Waals surface area contributed by atoms with E-state index in [4.69, 9.17) is 4.74 Å². The molecule has 2 amide bonds. The zero-order chi connectivity index (χ0) is 20.6. The summed E-state index contributed by atoms with van der Waals surface area (Å²) in [6.45, 7) is 3.60. The predicted molar refractivity (Wildman–Crippen MR) is 109 cm³/mol. The minimum Gasteiger partial charge on any atom is -0.493 e. The number of ether oxygens (including phenoxy) is 1.